The summed E-state index contributed by atoms with van der Waals surface area (Å²) in [5.41, 5.74) is 0. The molecule has 0 radical (unpaired) electrons. The predicted octanol–water partition coefficient (Wildman–Crippen LogP) is -3.12. The topological polar surface area (TPSA) is 201 Å². The molecule has 0 spiro atoms. The fraction of sp³-hybridized carbons (Fsp3) is 0.500. The first kappa shape index (κ1) is 53.5. The van der Waals surface area contributed by atoms with E-state index in [1.54, 1.807) is 0 Å². The van der Waals surface area contributed by atoms with Crippen LogP contribution < -0.4 is 0 Å². The molecule has 0 aromatic rings. The summed E-state index contributed by atoms with van der Waals surface area (Å²) in [4.78, 5) is 18.0. The number of hydrogen-bond acceptors (Lipinski definition) is 2. The Hall–Kier alpha value is -0.298. The summed E-state index contributed by atoms with van der Waals surface area (Å²) in [6, 6.07) is 0. The normalized spacial score (nSPS) is 3.85. The molecule has 9 heteroatoms. The van der Waals surface area contributed by atoms with Gasteiger partial charge in [0.1, 0.15) is 0 Å². The second-order valence-electron chi connectivity index (χ2n) is 1.04. The maximum atomic E-state index is 9.00. The van der Waals surface area contributed by atoms with Crippen LogP contribution in [0, 0.1) is 0 Å². The van der Waals surface area contributed by atoms with Gasteiger partial charge in [-0.05, 0) is 0 Å². The minimum atomic E-state index is -0.833. The Morgan fingerprint density at radius 3 is 0.769 bits per heavy atom. The van der Waals surface area contributed by atoms with Crippen LogP contribution in [0.4, 0.5) is 0 Å². The second-order valence-corrected chi connectivity index (χ2v) is 1.04. The molecule has 13 heavy (non-hydrogen) atoms. The first-order chi connectivity index (χ1) is 3.46. The monoisotopic (exact) mass is 306 g/mol. The minimum Gasteiger partial charge on any atom is -0.481 e. The molecule has 0 aromatic carbocycles. The Bertz CT molecular complexity index is 74.1. The molecular weight excluding hydrogens is 288 g/mol. The standard InChI is InChI=1S/2C2H4O2.Cd.4H2O/c2*1-2(3)4;;;;;/h2*1H3,(H,3,4);;4*1H2. The second kappa shape index (κ2) is 41.2. The third-order valence-corrected chi connectivity index (χ3v) is 0. The largest absolute Gasteiger partial charge is 0.481 e. The zero-order valence-electron chi connectivity index (χ0n) is 7.42. The van der Waals surface area contributed by atoms with E-state index in [9.17, 15) is 0 Å². The fourth-order valence-corrected chi connectivity index (χ4v) is 0. The molecule has 82 valence electrons. The fourth-order valence-electron chi connectivity index (χ4n) is 0. The summed E-state index contributed by atoms with van der Waals surface area (Å²) in [7, 11) is 0. The smallest absolute Gasteiger partial charge is 0.300 e. The molecule has 0 saturated carbocycles. The van der Waals surface area contributed by atoms with Crippen molar-refractivity contribution in [2.75, 3.05) is 0 Å². The van der Waals surface area contributed by atoms with Crippen molar-refractivity contribution in [3.05, 3.63) is 0 Å². The quantitative estimate of drug-likeness (QED) is 0.446. The van der Waals surface area contributed by atoms with E-state index >= 15 is 0 Å². The summed E-state index contributed by atoms with van der Waals surface area (Å²) in [5.74, 6) is -1.67. The van der Waals surface area contributed by atoms with Crippen LogP contribution in [-0.4, -0.2) is 44.1 Å². The summed E-state index contributed by atoms with van der Waals surface area (Å²) in [6.45, 7) is 2.17. The van der Waals surface area contributed by atoms with Gasteiger partial charge in [0.2, 0.25) is 0 Å². The zero-order chi connectivity index (χ0) is 7.15. The van der Waals surface area contributed by atoms with Crippen LogP contribution >= 0.6 is 0 Å². The summed E-state index contributed by atoms with van der Waals surface area (Å²) in [5, 5.41) is 14.8. The first-order valence-electron chi connectivity index (χ1n) is 1.86. The van der Waals surface area contributed by atoms with Crippen molar-refractivity contribution >= 4 is 11.9 Å². The van der Waals surface area contributed by atoms with E-state index in [0.29, 0.717) is 0 Å². The third-order valence-electron chi connectivity index (χ3n) is 0. The molecule has 0 aliphatic heterocycles. The molecule has 0 bridgehead atoms. The van der Waals surface area contributed by atoms with Crippen LogP contribution in [0.1, 0.15) is 13.8 Å². The molecule has 0 fully saturated rings. The van der Waals surface area contributed by atoms with E-state index in [2.05, 4.69) is 0 Å². The number of aliphatic carboxylic acids is 2. The van der Waals surface area contributed by atoms with Crippen molar-refractivity contribution in [2.24, 2.45) is 0 Å². The van der Waals surface area contributed by atoms with Crippen molar-refractivity contribution in [3.63, 3.8) is 0 Å². The van der Waals surface area contributed by atoms with Crippen molar-refractivity contribution in [3.8, 4) is 0 Å². The van der Waals surface area contributed by atoms with Crippen LogP contribution in [0.25, 0.3) is 0 Å². The van der Waals surface area contributed by atoms with Gasteiger partial charge in [-0.1, -0.05) is 0 Å². The number of carbonyl (C=O) groups is 2. The van der Waals surface area contributed by atoms with Crippen LogP contribution in [0.15, 0.2) is 0 Å². The van der Waals surface area contributed by atoms with Crippen molar-refractivity contribution < 1.29 is 69.0 Å². The van der Waals surface area contributed by atoms with E-state index in [4.69, 9.17) is 19.8 Å². The van der Waals surface area contributed by atoms with E-state index < -0.39 is 11.9 Å². The molecule has 0 heterocycles. The molecular formula is C4H16CdO8. The van der Waals surface area contributed by atoms with Gasteiger partial charge in [0.25, 0.3) is 11.9 Å². The average molecular weight is 305 g/mol. The number of hydrogen-bond donors (Lipinski definition) is 2. The molecule has 0 atom stereocenters. The van der Waals surface area contributed by atoms with E-state index in [1.165, 1.54) is 0 Å². The molecule has 0 aromatic heterocycles. The Kier molecular flexibility index (Phi) is 170. The van der Waals surface area contributed by atoms with Crippen molar-refractivity contribution in [2.45, 2.75) is 13.8 Å². The SMILES string of the molecule is CC(=O)O.CC(=O)O.O.O.O.O.[Cd]. The number of rotatable bonds is 0. The van der Waals surface area contributed by atoms with Crippen LogP contribution in [0.5, 0.6) is 0 Å². The number of carboxylic acid groups (broad SMARTS) is 2. The van der Waals surface area contributed by atoms with Gasteiger partial charge in [0.15, 0.2) is 0 Å². The summed E-state index contributed by atoms with van der Waals surface area (Å²) < 4.78 is 0. The minimum absolute atomic E-state index is 0. The maximum absolute atomic E-state index is 9.00. The van der Waals surface area contributed by atoms with Crippen LogP contribution in [0.2, 0.25) is 0 Å². The molecule has 0 rings (SSSR count). The Labute approximate surface area is 95.0 Å². The van der Waals surface area contributed by atoms with Gasteiger partial charge in [-0.15, -0.1) is 0 Å². The first-order valence-corrected chi connectivity index (χ1v) is 1.86. The van der Waals surface area contributed by atoms with Gasteiger partial charge >= 0.3 is 0 Å². The van der Waals surface area contributed by atoms with E-state index in [1.807, 2.05) is 0 Å². The number of carboxylic acids is 2. The van der Waals surface area contributed by atoms with Gasteiger partial charge < -0.3 is 32.1 Å². The summed E-state index contributed by atoms with van der Waals surface area (Å²) >= 11 is 0. The van der Waals surface area contributed by atoms with Gasteiger partial charge in [-0.2, -0.15) is 0 Å². The van der Waals surface area contributed by atoms with Crippen molar-refractivity contribution in [1.82, 2.24) is 0 Å². The van der Waals surface area contributed by atoms with Gasteiger partial charge in [-0.25, -0.2) is 0 Å². The Morgan fingerprint density at radius 1 is 0.769 bits per heavy atom. The predicted molar refractivity (Wildman–Crippen MR) is 41.1 cm³/mol. The summed E-state index contributed by atoms with van der Waals surface area (Å²) in [6.07, 6.45) is 0. The molecule has 8 nitrogen and oxygen atoms in total. The molecule has 0 aliphatic carbocycles. The molecule has 0 unspecified atom stereocenters. The van der Waals surface area contributed by atoms with E-state index in [0.717, 1.165) is 13.8 Å². The van der Waals surface area contributed by atoms with Crippen LogP contribution in [-0.2, 0) is 36.9 Å². The average Bonchev–Trinajstić information content (AvgIpc) is 1.25. The van der Waals surface area contributed by atoms with Crippen LogP contribution in [0.3, 0.4) is 0 Å². The Balaban J connectivity index is -0.00000000800. The van der Waals surface area contributed by atoms with Gasteiger partial charge in [0.05, 0.1) is 0 Å². The van der Waals surface area contributed by atoms with Crippen molar-refractivity contribution in [1.29, 1.82) is 0 Å². The molecule has 0 saturated heterocycles. The molecule has 10 N–H and O–H groups in total. The third kappa shape index (κ3) is 12400. The Morgan fingerprint density at radius 2 is 0.769 bits per heavy atom. The van der Waals surface area contributed by atoms with E-state index in [-0.39, 0.29) is 49.2 Å². The maximum Gasteiger partial charge on any atom is 0.300 e. The molecule has 0 aliphatic rings. The molecule has 0 amide bonds. The van der Waals surface area contributed by atoms with Gasteiger partial charge in [0, 0.05) is 41.1 Å². The zero-order valence-corrected chi connectivity index (χ0v) is 11.5. The van der Waals surface area contributed by atoms with Gasteiger partial charge in [-0.3, -0.25) is 9.59 Å².